The second-order valence-corrected chi connectivity index (χ2v) is 6.82. The van der Waals surface area contributed by atoms with E-state index >= 15 is 0 Å². The predicted octanol–water partition coefficient (Wildman–Crippen LogP) is 3.56. The van der Waals surface area contributed by atoms with E-state index < -0.39 is 0 Å². The zero-order valence-electron chi connectivity index (χ0n) is 15.7. The van der Waals surface area contributed by atoms with E-state index in [-0.39, 0.29) is 23.5 Å². The van der Waals surface area contributed by atoms with E-state index in [1.165, 1.54) is 13.2 Å². The molecule has 1 N–H and O–H groups in total. The Morgan fingerprint density at radius 3 is 2.70 bits per heavy atom. The van der Waals surface area contributed by atoms with Crippen molar-refractivity contribution in [2.45, 2.75) is 31.8 Å². The molecule has 1 atom stereocenters. The van der Waals surface area contributed by atoms with E-state index in [9.17, 15) is 14.3 Å². The number of methoxy groups -OCH3 is 1. The fourth-order valence-electron chi connectivity index (χ4n) is 3.57. The van der Waals surface area contributed by atoms with Crippen molar-refractivity contribution in [2.24, 2.45) is 0 Å². The molecule has 3 rings (SSSR count). The molecule has 1 aliphatic heterocycles. The second kappa shape index (κ2) is 8.39. The Labute approximate surface area is 159 Å². The van der Waals surface area contributed by atoms with Gasteiger partial charge < -0.3 is 14.7 Å². The highest BCUT2D eigenvalue weighted by Crippen LogP contribution is 2.28. The Morgan fingerprint density at radius 2 is 2.00 bits per heavy atom. The number of likely N-dealkylation sites (N-methyl/N-ethyl adjacent to an activating group) is 1. The van der Waals surface area contributed by atoms with Crippen molar-refractivity contribution in [3.8, 4) is 11.5 Å². The average Bonchev–Trinajstić information content (AvgIpc) is 2.69. The van der Waals surface area contributed by atoms with Crippen LogP contribution in [0.25, 0.3) is 0 Å². The number of carbonyl (C=O) groups is 1. The topological polar surface area (TPSA) is 53.0 Å². The van der Waals surface area contributed by atoms with Crippen LogP contribution in [0.4, 0.5) is 10.1 Å². The number of phenols is 1. The molecule has 0 saturated carbocycles. The van der Waals surface area contributed by atoms with Gasteiger partial charge in [0, 0.05) is 24.8 Å². The fourth-order valence-corrected chi connectivity index (χ4v) is 3.57. The van der Waals surface area contributed by atoms with Gasteiger partial charge in [0.2, 0.25) is 5.91 Å². The number of piperidine rings is 1. The van der Waals surface area contributed by atoms with Crippen molar-refractivity contribution in [2.75, 3.05) is 25.6 Å². The molecule has 0 aromatic heterocycles. The third-order valence-corrected chi connectivity index (χ3v) is 5.12. The summed E-state index contributed by atoms with van der Waals surface area (Å²) in [6.07, 6.45) is 2.67. The molecule has 0 radical (unpaired) electrons. The lowest BCUT2D eigenvalue weighted by atomic mass is 9.99. The molecule has 6 heteroatoms. The molecule has 1 amide bonds. The normalized spacial score (nSPS) is 17.5. The van der Waals surface area contributed by atoms with Crippen molar-refractivity contribution < 1.29 is 19.0 Å². The monoisotopic (exact) mass is 372 g/mol. The largest absolute Gasteiger partial charge is 0.508 e. The summed E-state index contributed by atoms with van der Waals surface area (Å²) in [6, 6.07) is 11.0. The van der Waals surface area contributed by atoms with Gasteiger partial charge in [-0.15, -0.1) is 0 Å². The fraction of sp³-hybridized carbons (Fsp3) is 0.381. The van der Waals surface area contributed by atoms with Crippen molar-refractivity contribution in [1.82, 2.24) is 4.90 Å². The minimum absolute atomic E-state index is 0.0318. The van der Waals surface area contributed by atoms with E-state index in [1.54, 1.807) is 48.3 Å². The zero-order chi connectivity index (χ0) is 19.4. The molecule has 1 unspecified atom stereocenters. The Balaban J connectivity index is 1.81. The first-order valence-corrected chi connectivity index (χ1v) is 9.13. The van der Waals surface area contributed by atoms with Gasteiger partial charge in [0.1, 0.15) is 17.3 Å². The highest BCUT2D eigenvalue weighted by molar-refractivity contribution is 5.96. The van der Waals surface area contributed by atoms with Gasteiger partial charge in [-0.3, -0.25) is 9.69 Å². The molecule has 2 aromatic rings. The van der Waals surface area contributed by atoms with Crippen molar-refractivity contribution in [3.63, 3.8) is 0 Å². The molecule has 1 saturated heterocycles. The molecule has 0 spiro atoms. The lowest BCUT2D eigenvalue weighted by molar-refractivity contribution is -0.125. The van der Waals surface area contributed by atoms with E-state index in [4.69, 9.17) is 4.74 Å². The smallest absolute Gasteiger partial charge is 0.244 e. The van der Waals surface area contributed by atoms with Crippen LogP contribution in [-0.2, 0) is 11.3 Å². The van der Waals surface area contributed by atoms with Crippen LogP contribution in [0.15, 0.2) is 42.5 Å². The summed E-state index contributed by atoms with van der Waals surface area (Å²) in [4.78, 5) is 16.7. The molecule has 2 aromatic carbocycles. The SMILES string of the molecule is COc1cccc(F)c1CN1CCCCC1C(=O)N(C)c1ccc(O)cc1. The third kappa shape index (κ3) is 4.22. The first-order valence-electron chi connectivity index (χ1n) is 9.13. The molecule has 144 valence electrons. The molecule has 1 fully saturated rings. The van der Waals surface area contributed by atoms with Gasteiger partial charge in [0.05, 0.1) is 13.2 Å². The van der Waals surface area contributed by atoms with Crippen LogP contribution >= 0.6 is 0 Å². The predicted molar refractivity (Wildman–Crippen MR) is 103 cm³/mol. The standard InChI is InChI=1S/C21H25FN2O3/c1-23(15-9-11-16(25)12-10-15)21(26)19-7-3-4-13-24(19)14-17-18(22)6-5-8-20(17)27-2/h5-6,8-12,19,25H,3-4,7,13-14H2,1-2H3. The van der Waals surface area contributed by atoms with Gasteiger partial charge in [-0.25, -0.2) is 4.39 Å². The van der Waals surface area contributed by atoms with Crippen molar-refractivity contribution in [1.29, 1.82) is 0 Å². The lowest BCUT2D eigenvalue weighted by Crippen LogP contribution is -2.49. The summed E-state index contributed by atoms with van der Waals surface area (Å²) in [6.45, 7) is 1.06. The summed E-state index contributed by atoms with van der Waals surface area (Å²) < 4.78 is 19.7. The van der Waals surface area contributed by atoms with Crippen LogP contribution < -0.4 is 9.64 Å². The molecule has 0 aliphatic carbocycles. The first-order chi connectivity index (χ1) is 13.0. The zero-order valence-corrected chi connectivity index (χ0v) is 15.7. The Bertz CT molecular complexity index is 795. The number of rotatable bonds is 5. The number of hydrogen-bond donors (Lipinski definition) is 1. The summed E-state index contributed by atoms with van der Waals surface area (Å²) in [5.74, 6) is 0.304. The maximum atomic E-state index is 14.4. The molecular formula is C21H25FN2O3. The van der Waals surface area contributed by atoms with Crippen LogP contribution in [0, 0.1) is 5.82 Å². The number of carbonyl (C=O) groups excluding carboxylic acids is 1. The number of nitrogens with zero attached hydrogens (tertiary/aromatic N) is 2. The Morgan fingerprint density at radius 1 is 1.26 bits per heavy atom. The number of benzene rings is 2. The molecule has 1 heterocycles. The van der Waals surface area contributed by atoms with Crippen LogP contribution in [-0.4, -0.2) is 42.7 Å². The van der Waals surface area contributed by atoms with Gasteiger partial charge in [-0.05, 0) is 55.8 Å². The molecule has 5 nitrogen and oxygen atoms in total. The Kier molecular flexibility index (Phi) is 5.96. The summed E-state index contributed by atoms with van der Waals surface area (Å²) in [7, 11) is 3.25. The van der Waals surface area contributed by atoms with Crippen molar-refractivity contribution >= 4 is 11.6 Å². The van der Waals surface area contributed by atoms with E-state index in [0.717, 1.165) is 25.8 Å². The van der Waals surface area contributed by atoms with E-state index in [0.29, 0.717) is 23.5 Å². The number of aromatic hydroxyl groups is 1. The maximum Gasteiger partial charge on any atom is 0.244 e. The average molecular weight is 372 g/mol. The van der Waals surface area contributed by atoms with Crippen LogP contribution in [0.3, 0.4) is 0 Å². The first kappa shape index (κ1) is 19.2. The van der Waals surface area contributed by atoms with Gasteiger partial charge >= 0.3 is 0 Å². The minimum atomic E-state index is -0.321. The van der Waals surface area contributed by atoms with Crippen LogP contribution in [0.1, 0.15) is 24.8 Å². The number of ether oxygens (including phenoxy) is 1. The minimum Gasteiger partial charge on any atom is -0.508 e. The van der Waals surface area contributed by atoms with Gasteiger partial charge in [-0.1, -0.05) is 12.5 Å². The number of hydrogen-bond acceptors (Lipinski definition) is 4. The van der Waals surface area contributed by atoms with Crippen molar-refractivity contribution in [3.05, 3.63) is 53.8 Å². The number of halogens is 1. The third-order valence-electron chi connectivity index (χ3n) is 5.12. The molecule has 0 bridgehead atoms. The van der Waals surface area contributed by atoms with Crippen LogP contribution in [0.5, 0.6) is 11.5 Å². The Hall–Kier alpha value is -2.60. The molecule has 27 heavy (non-hydrogen) atoms. The van der Waals surface area contributed by atoms with E-state index in [1.807, 2.05) is 4.90 Å². The maximum absolute atomic E-state index is 14.4. The lowest BCUT2D eigenvalue weighted by Gasteiger charge is -2.37. The van der Waals surface area contributed by atoms with Gasteiger partial charge in [0.25, 0.3) is 0 Å². The number of amides is 1. The highest BCUT2D eigenvalue weighted by Gasteiger charge is 2.32. The quantitative estimate of drug-likeness (QED) is 0.872. The molecular weight excluding hydrogens is 347 g/mol. The number of phenolic OH excluding ortho intramolecular Hbond substituents is 1. The van der Waals surface area contributed by atoms with Gasteiger partial charge in [0.15, 0.2) is 0 Å². The summed E-state index contributed by atoms with van der Waals surface area (Å²) >= 11 is 0. The molecule has 1 aliphatic rings. The highest BCUT2D eigenvalue weighted by atomic mass is 19.1. The number of likely N-dealkylation sites (tertiary alicyclic amines) is 1. The number of anilines is 1. The second-order valence-electron chi connectivity index (χ2n) is 6.82. The summed E-state index contributed by atoms with van der Waals surface area (Å²) in [5, 5.41) is 9.45. The van der Waals surface area contributed by atoms with E-state index in [2.05, 4.69) is 0 Å². The van der Waals surface area contributed by atoms with Crippen LogP contribution in [0.2, 0.25) is 0 Å². The summed E-state index contributed by atoms with van der Waals surface area (Å²) in [5.41, 5.74) is 1.19. The van der Waals surface area contributed by atoms with Gasteiger partial charge in [-0.2, -0.15) is 0 Å².